The second-order valence-electron chi connectivity index (χ2n) is 6.20. The second kappa shape index (κ2) is 8.79. The Morgan fingerprint density at radius 3 is 2.64 bits per heavy atom. The SMILES string of the molecule is CC(NC(=O)COC(=O)Cn1cnc2ccccc2c1=O)c1ccc(Br)cc1. The molecule has 144 valence electrons. The Labute approximate surface area is 169 Å². The van der Waals surface area contributed by atoms with Gasteiger partial charge in [-0.1, -0.05) is 40.2 Å². The summed E-state index contributed by atoms with van der Waals surface area (Å²) < 4.78 is 7.09. The van der Waals surface area contributed by atoms with Gasteiger partial charge in [0.1, 0.15) is 6.54 Å². The lowest BCUT2D eigenvalue weighted by atomic mass is 10.1. The van der Waals surface area contributed by atoms with E-state index >= 15 is 0 Å². The van der Waals surface area contributed by atoms with Crippen molar-refractivity contribution in [3.05, 3.63) is 75.2 Å². The summed E-state index contributed by atoms with van der Waals surface area (Å²) in [6.45, 7) is 1.10. The van der Waals surface area contributed by atoms with E-state index in [4.69, 9.17) is 4.74 Å². The Kier molecular flexibility index (Phi) is 6.20. The van der Waals surface area contributed by atoms with E-state index in [1.54, 1.807) is 24.3 Å². The number of nitrogens with one attached hydrogen (secondary N) is 1. The first kappa shape index (κ1) is 19.8. The predicted molar refractivity (Wildman–Crippen MR) is 108 cm³/mol. The quantitative estimate of drug-likeness (QED) is 0.591. The van der Waals surface area contributed by atoms with Gasteiger partial charge in [-0.15, -0.1) is 0 Å². The van der Waals surface area contributed by atoms with Crippen molar-refractivity contribution in [2.24, 2.45) is 0 Å². The molecular weight excluding hydrogens is 426 g/mol. The molecule has 1 N–H and O–H groups in total. The maximum atomic E-state index is 12.4. The number of nitrogens with zero attached hydrogens (tertiary/aromatic N) is 2. The van der Waals surface area contributed by atoms with E-state index in [2.05, 4.69) is 26.2 Å². The van der Waals surface area contributed by atoms with Crippen molar-refractivity contribution in [3.63, 3.8) is 0 Å². The molecule has 1 heterocycles. The van der Waals surface area contributed by atoms with Crippen LogP contribution in [0.5, 0.6) is 0 Å². The summed E-state index contributed by atoms with van der Waals surface area (Å²) in [6, 6.07) is 14.2. The molecule has 0 aliphatic rings. The van der Waals surface area contributed by atoms with Crippen molar-refractivity contribution < 1.29 is 14.3 Å². The van der Waals surface area contributed by atoms with Crippen LogP contribution in [0.3, 0.4) is 0 Å². The number of rotatable bonds is 6. The van der Waals surface area contributed by atoms with Gasteiger partial charge in [0.05, 0.1) is 23.3 Å². The van der Waals surface area contributed by atoms with E-state index in [1.807, 2.05) is 31.2 Å². The van der Waals surface area contributed by atoms with Crippen molar-refractivity contribution in [1.82, 2.24) is 14.9 Å². The molecule has 0 saturated heterocycles. The maximum absolute atomic E-state index is 12.4. The number of carbonyl (C=O) groups is 2. The highest BCUT2D eigenvalue weighted by atomic mass is 79.9. The van der Waals surface area contributed by atoms with E-state index in [1.165, 1.54) is 6.33 Å². The van der Waals surface area contributed by atoms with Gasteiger partial charge in [-0.25, -0.2) is 4.98 Å². The molecule has 8 heteroatoms. The fourth-order valence-electron chi connectivity index (χ4n) is 2.67. The molecule has 0 aliphatic heterocycles. The van der Waals surface area contributed by atoms with Crippen LogP contribution in [0.2, 0.25) is 0 Å². The zero-order chi connectivity index (χ0) is 20.1. The van der Waals surface area contributed by atoms with Gasteiger partial charge < -0.3 is 10.1 Å². The Bertz CT molecular complexity index is 1060. The highest BCUT2D eigenvalue weighted by molar-refractivity contribution is 9.10. The number of ether oxygens (including phenoxy) is 1. The monoisotopic (exact) mass is 443 g/mol. The zero-order valence-electron chi connectivity index (χ0n) is 15.1. The second-order valence-corrected chi connectivity index (χ2v) is 7.11. The zero-order valence-corrected chi connectivity index (χ0v) is 16.7. The third-order valence-electron chi connectivity index (χ3n) is 4.14. The highest BCUT2D eigenvalue weighted by Crippen LogP contribution is 2.16. The van der Waals surface area contributed by atoms with Gasteiger partial charge in [-0.2, -0.15) is 0 Å². The summed E-state index contributed by atoms with van der Waals surface area (Å²) in [5.74, 6) is -1.11. The van der Waals surface area contributed by atoms with Crippen molar-refractivity contribution >= 4 is 38.7 Å². The van der Waals surface area contributed by atoms with E-state index < -0.39 is 18.5 Å². The Balaban J connectivity index is 1.54. The molecule has 0 radical (unpaired) electrons. The summed E-state index contributed by atoms with van der Waals surface area (Å²) in [5.41, 5.74) is 1.14. The first-order valence-corrected chi connectivity index (χ1v) is 9.38. The normalized spacial score (nSPS) is 11.8. The molecule has 0 spiro atoms. The predicted octanol–water partition coefficient (Wildman–Crippen LogP) is 2.58. The number of para-hydroxylation sites is 1. The average molecular weight is 444 g/mol. The molecule has 0 saturated carbocycles. The molecular formula is C20H18BrN3O4. The Morgan fingerprint density at radius 2 is 1.89 bits per heavy atom. The molecule has 3 rings (SSSR count). The molecule has 1 aromatic heterocycles. The van der Waals surface area contributed by atoms with Gasteiger partial charge in [-0.05, 0) is 36.8 Å². The lowest BCUT2D eigenvalue weighted by molar-refractivity contribution is -0.149. The van der Waals surface area contributed by atoms with Crippen LogP contribution in [-0.4, -0.2) is 28.0 Å². The summed E-state index contributed by atoms with van der Waals surface area (Å²) >= 11 is 3.36. The topological polar surface area (TPSA) is 90.3 Å². The number of carbonyl (C=O) groups excluding carboxylic acids is 2. The minimum atomic E-state index is -0.689. The van der Waals surface area contributed by atoms with Gasteiger partial charge >= 0.3 is 5.97 Å². The number of amides is 1. The Hall–Kier alpha value is -3.00. The van der Waals surface area contributed by atoms with E-state index in [-0.39, 0.29) is 18.1 Å². The molecule has 0 aliphatic carbocycles. The van der Waals surface area contributed by atoms with Crippen molar-refractivity contribution in [2.45, 2.75) is 19.5 Å². The third kappa shape index (κ3) is 4.83. The number of fused-ring (bicyclic) bond motifs is 1. The standard InChI is InChI=1S/C20H18BrN3O4/c1-13(14-6-8-15(21)9-7-14)23-18(25)11-28-19(26)10-24-12-22-17-5-3-2-4-16(17)20(24)27/h2-9,12-13H,10-11H2,1H3,(H,23,25). The van der Waals surface area contributed by atoms with E-state index in [9.17, 15) is 14.4 Å². The van der Waals surface area contributed by atoms with Crippen LogP contribution in [0, 0.1) is 0 Å². The molecule has 2 aromatic carbocycles. The Morgan fingerprint density at radius 1 is 1.18 bits per heavy atom. The lowest BCUT2D eigenvalue weighted by Crippen LogP contribution is -2.32. The van der Waals surface area contributed by atoms with Crippen LogP contribution in [0.25, 0.3) is 10.9 Å². The summed E-state index contributed by atoms with van der Waals surface area (Å²) in [7, 11) is 0. The first-order valence-electron chi connectivity index (χ1n) is 8.58. The molecule has 0 bridgehead atoms. The van der Waals surface area contributed by atoms with Gasteiger partial charge in [0.2, 0.25) is 0 Å². The van der Waals surface area contributed by atoms with Gasteiger partial charge in [0.15, 0.2) is 6.61 Å². The molecule has 7 nitrogen and oxygen atoms in total. The third-order valence-corrected chi connectivity index (χ3v) is 4.67. The van der Waals surface area contributed by atoms with Gasteiger partial charge in [0, 0.05) is 4.47 Å². The van der Waals surface area contributed by atoms with Crippen LogP contribution in [0.4, 0.5) is 0 Å². The molecule has 3 aromatic rings. The average Bonchev–Trinajstić information content (AvgIpc) is 2.69. The van der Waals surface area contributed by atoms with Gasteiger partial charge in [0.25, 0.3) is 11.5 Å². The summed E-state index contributed by atoms with van der Waals surface area (Å²) in [4.78, 5) is 40.5. The number of halogens is 1. The van der Waals surface area contributed by atoms with Crippen LogP contribution in [0.15, 0.2) is 64.1 Å². The van der Waals surface area contributed by atoms with Crippen LogP contribution >= 0.6 is 15.9 Å². The number of hydrogen-bond acceptors (Lipinski definition) is 5. The molecule has 28 heavy (non-hydrogen) atoms. The molecule has 1 unspecified atom stereocenters. The molecule has 0 fully saturated rings. The number of benzene rings is 2. The fourth-order valence-corrected chi connectivity index (χ4v) is 2.93. The highest BCUT2D eigenvalue weighted by Gasteiger charge is 2.13. The first-order chi connectivity index (χ1) is 13.4. The number of hydrogen-bond donors (Lipinski definition) is 1. The molecule has 1 amide bonds. The summed E-state index contributed by atoms with van der Waals surface area (Å²) in [6.07, 6.45) is 1.29. The number of esters is 1. The van der Waals surface area contributed by atoms with Crippen LogP contribution in [0.1, 0.15) is 18.5 Å². The van der Waals surface area contributed by atoms with E-state index in [0.29, 0.717) is 10.9 Å². The largest absolute Gasteiger partial charge is 0.454 e. The lowest BCUT2D eigenvalue weighted by Gasteiger charge is -2.14. The van der Waals surface area contributed by atoms with Crippen molar-refractivity contribution in [3.8, 4) is 0 Å². The minimum absolute atomic E-state index is 0.230. The molecule has 1 atom stereocenters. The summed E-state index contributed by atoms with van der Waals surface area (Å²) in [5, 5.41) is 3.17. The minimum Gasteiger partial charge on any atom is -0.454 e. The van der Waals surface area contributed by atoms with Crippen LogP contribution < -0.4 is 10.9 Å². The fraction of sp³-hybridized carbons (Fsp3) is 0.200. The smallest absolute Gasteiger partial charge is 0.326 e. The maximum Gasteiger partial charge on any atom is 0.326 e. The number of aromatic nitrogens is 2. The van der Waals surface area contributed by atoms with Crippen LogP contribution in [-0.2, 0) is 20.9 Å². The van der Waals surface area contributed by atoms with E-state index in [0.717, 1.165) is 14.6 Å². The van der Waals surface area contributed by atoms with Crippen molar-refractivity contribution in [1.29, 1.82) is 0 Å². The van der Waals surface area contributed by atoms with Crippen molar-refractivity contribution in [2.75, 3.05) is 6.61 Å². The van der Waals surface area contributed by atoms with Gasteiger partial charge in [-0.3, -0.25) is 19.0 Å².